The highest BCUT2D eigenvalue weighted by Crippen LogP contribution is 2.29. The topological polar surface area (TPSA) is 41.1 Å². The van der Waals surface area contributed by atoms with Crippen molar-refractivity contribution < 1.29 is 4.79 Å². The molecule has 0 aliphatic carbocycles. The Morgan fingerprint density at radius 1 is 1.45 bits per heavy atom. The Balaban J connectivity index is 0.00000200. The molecule has 112 valence electrons. The summed E-state index contributed by atoms with van der Waals surface area (Å²) < 4.78 is 0. The van der Waals surface area contributed by atoms with Crippen molar-refractivity contribution in [3.63, 3.8) is 0 Å². The molecule has 0 saturated carbocycles. The summed E-state index contributed by atoms with van der Waals surface area (Å²) in [5.41, 5.74) is 0.892. The van der Waals surface area contributed by atoms with Crippen LogP contribution in [0.5, 0.6) is 0 Å². The summed E-state index contributed by atoms with van der Waals surface area (Å²) in [5, 5.41) is 6.99. The first-order chi connectivity index (χ1) is 9.00. The Labute approximate surface area is 131 Å². The average Bonchev–Trinajstić information content (AvgIpc) is 2.90. The number of halogens is 2. The van der Waals surface area contributed by atoms with Gasteiger partial charge in [0.25, 0.3) is 0 Å². The molecule has 0 aromatic heterocycles. The molecule has 1 amide bonds. The normalized spacial score (nSPS) is 18.4. The highest BCUT2D eigenvalue weighted by Gasteiger charge is 2.27. The van der Waals surface area contributed by atoms with E-state index in [9.17, 15) is 4.79 Å². The minimum absolute atomic E-state index is 0. The van der Waals surface area contributed by atoms with Gasteiger partial charge in [-0.25, -0.2) is 0 Å². The Bertz CT molecular complexity index is 457. The maximum Gasteiger partial charge on any atom is 0.237 e. The summed E-state index contributed by atoms with van der Waals surface area (Å²) in [4.78, 5) is 12.0. The van der Waals surface area contributed by atoms with Crippen LogP contribution in [0.1, 0.15) is 32.3 Å². The molecule has 1 aromatic rings. The van der Waals surface area contributed by atoms with Gasteiger partial charge < -0.3 is 10.6 Å². The third-order valence-corrected chi connectivity index (χ3v) is 4.01. The summed E-state index contributed by atoms with van der Waals surface area (Å²) in [6, 6.07) is 7.77. The molecule has 5 heteroatoms. The molecule has 0 radical (unpaired) electrons. The largest absolute Gasteiger partial charge is 0.354 e. The van der Waals surface area contributed by atoms with E-state index in [1.54, 1.807) is 0 Å². The monoisotopic (exact) mass is 316 g/mol. The molecule has 20 heavy (non-hydrogen) atoms. The standard InChI is InChI=1S/C15H21ClN2O.ClH/c1-15(2,11-6-3-4-7-12(11)16)10-18-14(19)13-8-5-9-17-13;/h3-4,6-7,13,17H,5,8-10H2,1-2H3,(H,18,19);1H. The summed E-state index contributed by atoms with van der Waals surface area (Å²) in [7, 11) is 0. The van der Waals surface area contributed by atoms with Gasteiger partial charge in [0, 0.05) is 17.0 Å². The van der Waals surface area contributed by atoms with E-state index >= 15 is 0 Å². The molecule has 3 nitrogen and oxygen atoms in total. The van der Waals surface area contributed by atoms with Crippen molar-refractivity contribution in [3.8, 4) is 0 Å². The van der Waals surface area contributed by atoms with Crippen LogP contribution in [-0.2, 0) is 10.2 Å². The number of rotatable bonds is 4. The van der Waals surface area contributed by atoms with Crippen LogP contribution in [0.2, 0.25) is 5.02 Å². The number of hydrogen-bond acceptors (Lipinski definition) is 2. The van der Waals surface area contributed by atoms with Gasteiger partial charge in [-0.3, -0.25) is 4.79 Å². The van der Waals surface area contributed by atoms with Crippen LogP contribution in [0.4, 0.5) is 0 Å². The Kier molecular flexibility index (Phi) is 6.31. The van der Waals surface area contributed by atoms with Gasteiger partial charge in [0.1, 0.15) is 0 Å². The predicted octanol–water partition coefficient (Wildman–Crippen LogP) is 2.91. The van der Waals surface area contributed by atoms with Crippen LogP contribution in [-0.4, -0.2) is 25.0 Å². The first-order valence-electron chi connectivity index (χ1n) is 6.77. The van der Waals surface area contributed by atoms with Crippen molar-refractivity contribution in [3.05, 3.63) is 34.9 Å². The van der Waals surface area contributed by atoms with Gasteiger partial charge in [0.2, 0.25) is 5.91 Å². The fraction of sp³-hybridized carbons (Fsp3) is 0.533. The second kappa shape index (κ2) is 7.30. The molecule has 1 heterocycles. The van der Waals surface area contributed by atoms with Crippen molar-refractivity contribution in [1.82, 2.24) is 10.6 Å². The molecular weight excluding hydrogens is 295 g/mol. The van der Waals surface area contributed by atoms with E-state index in [1.165, 1.54) is 0 Å². The molecule has 1 aliphatic rings. The first-order valence-corrected chi connectivity index (χ1v) is 7.14. The van der Waals surface area contributed by atoms with E-state index in [0.29, 0.717) is 6.54 Å². The van der Waals surface area contributed by atoms with Crippen LogP contribution in [0.3, 0.4) is 0 Å². The third kappa shape index (κ3) is 4.11. The quantitative estimate of drug-likeness (QED) is 0.896. The van der Waals surface area contributed by atoms with Crippen molar-refractivity contribution in [1.29, 1.82) is 0 Å². The number of hydrogen-bond donors (Lipinski definition) is 2. The van der Waals surface area contributed by atoms with E-state index in [4.69, 9.17) is 11.6 Å². The van der Waals surface area contributed by atoms with Crippen LogP contribution >= 0.6 is 24.0 Å². The first kappa shape index (κ1) is 17.3. The van der Waals surface area contributed by atoms with Gasteiger partial charge in [-0.2, -0.15) is 0 Å². The van der Waals surface area contributed by atoms with Gasteiger partial charge in [0.05, 0.1) is 6.04 Å². The van der Waals surface area contributed by atoms with Gasteiger partial charge in [0.15, 0.2) is 0 Å². The maximum absolute atomic E-state index is 12.0. The van der Waals surface area contributed by atoms with Crippen molar-refractivity contribution >= 4 is 29.9 Å². The minimum atomic E-state index is -0.174. The Morgan fingerprint density at radius 3 is 2.75 bits per heavy atom. The molecule has 2 rings (SSSR count). The lowest BCUT2D eigenvalue weighted by atomic mass is 9.84. The second-order valence-electron chi connectivity index (χ2n) is 5.73. The second-order valence-corrected chi connectivity index (χ2v) is 6.14. The van der Waals surface area contributed by atoms with Crippen LogP contribution in [0.15, 0.2) is 24.3 Å². The van der Waals surface area contributed by atoms with Crippen LogP contribution < -0.4 is 10.6 Å². The van der Waals surface area contributed by atoms with Crippen LogP contribution in [0, 0.1) is 0 Å². The number of benzene rings is 1. The smallest absolute Gasteiger partial charge is 0.237 e. The van der Waals surface area contributed by atoms with E-state index in [2.05, 4.69) is 24.5 Å². The molecule has 1 atom stereocenters. The summed E-state index contributed by atoms with van der Waals surface area (Å²) in [5.74, 6) is 0.0950. The zero-order valence-electron chi connectivity index (χ0n) is 11.9. The van der Waals surface area contributed by atoms with Gasteiger partial charge >= 0.3 is 0 Å². The number of carbonyl (C=O) groups excluding carboxylic acids is 1. The fourth-order valence-corrected chi connectivity index (χ4v) is 2.84. The van der Waals surface area contributed by atoms with Crippen LogP contribution in [0.25, 0.3) is 0 Å². The summed E-state index contributed by atoms with van der Waals surface area (Å²) in [6.45, 7) is 5.72. The molecule has 0 bridgehead atoms. The van der Waals surface area contributed by atoms with E-state index < -0.39 is 0 Å². The van der Waals surface area contributed by atoms with Crippen molar-refractivity contribution in [2.75, 3.05) is 13.1 Å². The van der Waals surface area contributed by atoms with Crippen molar-refractivity contribution in [2.45, 2.75) is 38.1 Å². The zero-order valence-corrected chi connectivity index (χ0v) is 13.5. The average molecular weight is 317 g/mol. The molecule has 1 unspecified atom stereocenters. The number of carbonyl (C=O) groups is 1. The van der Waals surface area contributed by atoms with E-state index in [0.717, 1.165) is 30.0 Å². The molecule has 1 fully saturated rings. The minimum Gasteiger partial charge on any atom is -0.354 e. The van der Waals surface area contributed by atoms with E-state index in [-0.39, 0.29) is 29.8 Å². The summed E-state index contributed by atoms with van der Waals surface area (Å²) >= 11 is 6.23. The lowest BCUT2D eigenvalue weighted by molar-refractivity contribution is -0.123. The predicted molar refractivity (Wildman–Crippen MR) is 85.8 cm³/mol. The zero-order chi connectivity index (χ0) is 13.9. The Morgan fingerprint density at radius 2 is 2.15 bits per heavy atom. The summed E-state index contributed by atoms with van der Waals surface area (Å²) in [6.07, 6.45) is 2.00. The molecule has 1 aliphatic heterocycles. The number of nitrogens with one attached hydrogen (secondary N) is 2. The lowest BCUT2D eigenvalue weighted by Gasteiger charge is -2.27. The Hall–Kier alpha value is -0.770. The molecule has 1 saturated heterocycles. The highest BCUT2D eigenvalue weighted by atomic mass is 35.5. The third-order valence-electron chi connectivity index (χ3n) is 3.68. The van der Waals surface area contributed by atoms with Gasteiger partial charge in [-0.1, -0.05) is 43.6 Å². The highest BCUT2D eigenvalue weighted by molar-refractivity contribution is 6.31. The fourth-order valence-electron chi connectivity index (χ4n) is 2.44. The molecule has 2 N–H and O–H groups in total. The SMILES string of the molecule is CC(C)(CNC(=O)C1CCCN1)c1ccccc1Cl.Cl. The maximum atomic E-state index is 12.0. The molecular formula is C15H22Cl2N2O. The number of amides is 1. The van der Waals surface area contributed by atoms with E-state index in [1.807, 2.05) is 24.3 Å². The molecule has 0 spiro atoms. The molecule has 1 aromatic carbocycles. The van der Waals surface area contributed by atoms with Gasteiger partial charge in [-0.15, -0.1) is 12.4 Å². The van der Waals surface area contributed by atoms with Crippen molar-refractivity contribution in [2.24, 2.45) is 0 Å². The van der Waals surface area contributed by atoms with Gasteiger partial charge in [-0.05, 0) is 31.0 Å². The lowest BCUT2D eigenvalue weighted by Crippen LogP contribution is -2.45.